The number of aryl methyl sites for hydroxylation is 1. The number of para-hydroxylation sites is 1. The average Bonchev–Trinajstić information content (AvgIpc) is 3.50. The van der Waals surface area contributed by atoms with Crippen LogP contribution in [0.1, 0.15) is 17.9 Å². The van der Waals surface area contributed by atoms with Crippen LogP contribution in [0.3, 0.4) is 0 Å². The molecular formula is C21H22N4O3S. The van der Waals surface area contributed by atoms with Gasteiger partial charge < -0.3 is 19.0 Å². The number of ether oxygens (including phenoxy) is 1. The molecule has 0 aliphatic heterocycles. The number of carbonyl (C=O) groups excluding carboxylic acids is 1. The summed E-state index contributed by atoms with van der Waals surface area (Å²) in [6.07, 6.45) is 3.04. The molecule has 29 heavy (non-hydrogen) atoms. The molecule has 0 spiro atoms. The van der Waals surface area contributed by atoms with E-state index in [2.05, 4.69) is 21.2 Å². The van der Waals surface area contributed by atoms with Crippen LogP contribution in [-0.2, 0) is 22.5 Å². The quantitative estimate of drug-likeness (QED) is 0.453. The van der Waals surface area contributed by atoms with Gasteiger partial charge in [-0.15, -0.1) is 21.5 Å². The molecule has 0 radical (unpaired) electrons. The normalized spacial score (nSPS) is 11.2. The number of nitrogens with zero attached hydrogens (tertiary/aromatic N) is 3. The summed E-state index contributed by atoms with van der Waals surface area (Å²) >= 11 is 1.54. The van der Waals surface area contributed by atoms with Crippen LogP contribution in [0.5, 0.6) is 0 Å². The second kappa shape index (κ2) is 9.02. The van der Waals surface area contributed by atoms with Crippen LogP contribution in [0.4, 0.5) is 0 Å². The zero-order valence-electron chi connectivity index (χ0n) is 16.1. The third-order valence-corrected chi connectivity index (χ3v) is 5.58. The number of aromatic amines is 1. The van der Waals surface area contributed by atoms with Crippen molar-refractivity contribution in [2.24, 2.45) is 0 Å². The zero-order chi connectivity index (χ0) is 20.1. The van der Waals surface area contributed by atoms with Gasteiger partial charge in [-0.25, -0.2) is 0 Å². The van der Waals surface area contributed by atoms with E-state index in [0.717, 1.165) is 21.3 Å². The smallest absolute Gasteiger partial charge is 0.257 e. The number of amides is 1. The molecule has 7 nitrogen and oxygen atoms in total. The van der Waals surface area contributed by atoms with Gasteiger partial charge in [0, 0.05) is 37.2 Å². The highest BCUT2D eigenvalue weighted by Gasteiger charge is 2.18. The number of thiophene rings is 1. The van der Waals surface area contributed by atoms with Gasteiger partial charge in [-0.05, 0) is 29.5 Å². The molecule has 0 fully saturated rings. The van der Waals surface area contributed by atoms with Crippen molar-refractivity contribution >= 4 is 28.1 Å². The molecule has 3 aromatic heterocycles. The summed E-state index contributed by atoms with van der Waals surface area (Å²) in [6.45, 7) is 1.19. The second-order valence-corrected chi connectivity index (χ2v) is 7.59. The van der Waals surface area contributed by atoms with Crippen LogP contribution in [0, 0.1) is 0 Å². The number of rotatable bonds is 9. The van der Waals surface area contributed by atoms with E-state index >= 15 is 0 Å². The lowest BCUT2D eigenvalue weighted by Gasteiger charge is -2.20. The van der Waals surface area contributed by atoms with Crippen LogP contribution in [0.15, 0.2) is 52.4 Å². The molecule has 0 aliphatic carbocycles. The molecule has 150 valence electrons. The lowest BCUT2D eigenvalue weighted by Crippen LogP contribution is -2.33. The number of H-pyrrole nitrogens is 1. The first-order chi connectivity index (χ1) is 14.2. The van der Waals surface area contributed by atoms with E-state index in [-0.39, 0.29) is 12.5 Å². The van der Waals surface area contributed by atoms with Crippen molar-refractivity contribution in [1.29, 1.82) is 0 Å². The molecule has 4 aromatic rings. The van der Waals surface area contributed by atoms with Crippen molar-refractivity contribution in [3.8, 4) is 10.8 Å². The summed E-state index contributed by atoms with van der Waals surface area (Å²) in [6, 6.07) is 12.0. The Bertz CT molecular complexity index is 1070. The molecule has 8 heteroatoms. The first kappa shape index (κ1) is 19.4. The molecule has 0 atom stereocenters. The summed E-state index contributed by atoms with van der Waals surface area (Å²) in [4.78, 5) is 18.8. The topological polar surface area (TPSA) is 84.2 Å². The number of benzene rings is 1. The predicted octanol–water partition coefficient (Wildman–Crippen LogP) is 3.89. The first-order valence-electron chi connectivity index (χ1n) is 9.42. The fraction of sp³-hybridized carbons (Fsp3) is 0.286. The van der Waals surface area contributed by atoms with Crippen molar-refractivity contribution in [1.82, 2.24) is 20.1 Å². The SMILES string of the molecule is COCCN(Cc1nnc(-c2cccs2)o1)C(=O)CCc1c[nH]c2ccccc12. The molecule has 0 aliphatic rings. The molecule has 1 aromatic carbocycles. The Morgan fingerprint density at radius 3 is 2.97 bits per heavy atom. The molecule has 0 bridgehead atoms. The number of methoxy groups -OCH3 is 1. The molecular weight excluding hydrogens is 388 g/mol. The second-order valence-electron chi connectivity index (χ2n) is 6.65. The average molecular weight is 410 g/mol. The molecule has 1 N–H and O–H groups in total. The fourth-order valence-electron chi connectivity index (χ4n) is 3.21. The van der Waals surface area contributed by atoms with Gasteiger partial charge in [-0.1, -0.05) is 24.3 Å². The zero-order valence-corrected chi connectivity index (χ0v) is 16.9. The monoisotopic (exact) mass is 410 g/mol. The van der Waals surface area contributed by atoms with Crippen molar-refractivity contribution < 1.29 is 13.9 Å². The highest BCUT2D eigenvalue weighted by atomic mass is 32.1. The van der Waals surface area contributed by atoms with Crippen molar-refractivity contribution in [3.05, 3.63) is 59.4 Å². The standard InChI is InChI=1S/C21H22N4O3S/c1-27-11-10-25(14-19-23-24-21(28-19)18-7-4-12-29-18)20(26)9-8-15-13-22-17-6-3-2-5-16(15)17/h2-7,12-13,22H,8-11,14H2,1H3. The lowest BCUT2D eigenvalue weighted by atomic mass is 10.1. The summed E-state index contributed by atoms with van der Waals surface area (Å²) < 4.78 is 10.9. The van der Waals surface area contributed by atoms with Gasteiger partial charge in [0.2, 0.25) is 11.8 Å². The fourth-order valence-corrected chi connectivity index (χ4v) is 3.86. The number of fused-ring (bicyclic) bond motifs is 1. The first-order valence-corrected chi connectivity index (χ1v) is 10.3. The Morgan fingerprint density at radius 1 is 1.24 bits per heavy atom. The maximum absolute atomic E-state index is 12.9. The van der Waals surface area contributed by atoms with E-state index in [9.17, 15) is 4.79 Å². The molecule has 4 rings (SSSR count). The number of hydrogen-bond donors (Lipinski definition) is 1. The Balaban J connectivity index is 1.42. The Kier molecular flexibility index (Phi) is 6.02. The van der Waals surface area contributed by atoms with Gasteiger partial charge in [0.15, 0.2) is 0 Å². The van der Waals surface area contributed by atoms with Crippen molar-refractivity contribution in [2.45, 2.75) is 19.4 Å². The maximum Gasteiger partial charge on any atom is 0.257 e. The molecule has 0 unspecified atom stereocenters. The Labute approximate surface area is 172 Å². The number of aromatic nitrogens is 3. The van der Waals surface area contributed by atoms with Gasteiger partial charge in [-0.2, -0.15) is 0 Å². The van der Waals surface area contributed by atoms with Crippen LogP contribution < -0.4 is 0 Å². The highest BCUT2D eigenvalue weighted by Crippen LogP contribution is 2.24. The van der Waals surface area contributed by atoms with E-state index in [4.69, 9.17) is 9.15 Å². The number of carbonyl (C=O) groups is 1. The molecule has 3 heterocycles. The Hall–Kier alpha value is -2.97. The number of hydrogen-bond acceptors (Lipinski definition) is 6. The summed E-state index contributed by atoms with van der Waals surface area (Å²) in [5.41, 5.74) is 2.22. The summed E-state index contributed by atoms with van der Waals surface area (Å²) in [5.74, 6) is 0.932. The van der Waals surface area contributed by atoms with Crippen molar-refractivity contribution in [2.75, 3.05) is 20.3 Å². The van der Waals surface area contributed by atoms with Crippen LogP contribution in [0.2, 0.25) is 0 Å². The van der Waals surface area contributed by atoms with E-state index in [0.29, 0.717) is 37.8 Å². The minimum atomic E-state index is 0.0307. The molecule has 1 amide bonds. The summed E-state index contributed by atoms with van der Waals surface area (Å²) in [7, 11) is 1.62. The van der Waals surface area contributed by atoms with E-state index in [1.54, 1.807) is 12.0 Å². The largest absolute Gasteiger partial charge is 0.418 e. The van der Waals surface area contributed by atoms with Crippen LogP contribution in [-0.4, -0.2) is 46.2 Å². The summed E-state index contributed by atoms with van der Waals surface area (Å²) in [5, 5.41) is 11.3. The molecule has 0 saturated heterocycles. The van der Waals surface area contributed by atoms with Crippen LogP contribution in [0.25, 0.3) is 21.7 Å². The highest BCUT2D eigenvalue weighted by molar-refractivity contribution is 7.13. The minimum Gasteiger partial charge on any atom is -0.418 e. The predicted molar refractivity (Wildman–Crippen MR) is 112 cm³/mol. The minimum absolute atomic E-state index is 0.0307. The van der Waals surface area contributed by atoms with Gasteiger partial charge in [0.1, 0.15) is 0 Å². The number of nitrogens with one attached hydrogen (secondary N) is 1. The van der Waals surface area contributed by atoms with Gasteiger partial charge in [0.05, 0.1) is 18.0 Å². The third-order valence-electron chi connectivity index (χ3n) is 4.73. The van der Waals surface area contributed by atoms with Crippen molar-refractivity contribution in [3.63, 3.8) is 0 Å². The maximum atomic E-state index is 12.9. The van der Waals surface area contributed by atoms with Crippen LogP contribution >= 0.6 is 11.3 Å². The lowest BCUT2D eigenvalue weighted by molar-refractivity contribution is -0.132. The Morgan fingerprint density at radius 2 is 2.14 bits per heavy atom. The third kappa shape index (κ3) is 4.55. The van der Waals surface area contributed by atoms with E-state index in [1.807, 2.05) is 41.9 Å². The van der Waals surface area contributed by atoms with E-state index in [1.165, 1.54) is 11.3 Å². The van der Waals surface area contributed by atoms with Gasteiger partial charge in [0.25, 0.3) is 5.89 Å². The molecule has 0 saturated carbocycles. The van der Waals surface area contributed by atoms with Gasteiger partial charge in [-0.3, -0.25) is 4.79 Å². The van der Waals surface area contributed by atoms with E-state index < -0.39 is 0 Å². The van der Waals surface area contributed by atoms with Gasteiger partial charge >= 0.3 is 0 Å².